The number of nitrogens with one attached hydrogen (secondary N) is 1. The quantitative estimate of drug-likeness (QED) is 0.550. The van der Waals surface area contributed by atoms with Crippen LogP contribution in [0.4, 0.5) is 0 Å². The van der Waals surface area contributed by atoms with Crippen LogP contribution in [0.5, 0.6) is 0 Å². The molecule has 3 rings (SSSR count). The summed E-state index contributed by atoms with van der Waals surface area (Å²) < 4.78 is 5.62. The number of para-hydroxylation sites is 1. The predicted octanol–water partition coefficient (Wildman–Crippen LogP) is 3.94. The Morgan fingerprint density at radius 2 is 1.86 bits per heavy atom. The molecule has 1 atom stereocenters. The molecule has 0 aliphatic rings. The highest BCUT2D eigenvalue weighted by Crippen LogP contribution is 2.30. The second kappa shape index (κ2) is 6.12. The molecule has 0 fully saturated rings. The Bertz CT molecular complexity index is 715. The van der Waals surface area contributed by atoms with Crippen molar-refractivity contribution in [2.45, 2.75) is 25.8 Å². The fourth-order valence-corrected chi connectivity index (χ4v) is 2.75. The summed E-state index contributed by atoms with van der Waals surface area (Å²) >= 11 is 0. The fourth-order valence-electron chi connectivity index (χ4n) is 2.75. The van der Waals surface area contributed by atoms with Crippen molar-refractivity contribution in [1.29, 1.82) is 0 Å². The molecule has 0 saturated heterocycles. The first-order chi connectivity index (χ1) is 10.3. The molecule has 1 heterocycles. The second-order valence-corrected chi connectivity index (χ2v) is 5.28. The molecule has 0 radical (unpaired) electrons. The Balaban J connectivity index is 1.97. The van der Waals surface area contributed by atoms with Crippen molar-refractivity contribution < 1.29 is 4.42 Å². The average Bonchev–Trinajstić information content (AvgIpc) is 2.94. The van der Waals surface area contributed by atoms with Gasteiger partial charge in [0.1, 0.15) is 5.58 Å². The summed E-state index contributed by atoms with van der Waals surface area (Å²) in [6.07, 6.45) is 4.05. The van der Waals surface area contributed by atoms with Crippen LogP contribution >= 0.6 is 0 Å². The maximum absolute atomic E-state index is 5.79. The van der Waals surface area contributed by atoms with E-state index >= 15 is 0 Å². The third kappa shape index (κ3) is 2.71. The zero-order valence-corrected chi connectivity index (χ0v) is 12.2. The highest BCUT2D eigenvalue weighted by Gasteiger charge is 2.17. The van der Waals surface area contributed by atoms with E-state index in [1.807, 2.05) is 18.2 Å². The van der Waals surface area contributed by atoms with Gasteiger partial charge in [0.15, 0.2) is 0 Å². The third-order valence-corrected chi connectivity index (χ3v) is 3.84. The topological polar surface area (TPSA) is 51.2 Å². The van der Waals surface area contributed by atoms with Crippen LogP contribution in [0.2, 0.25) is 0 Å². The summed E-state index contributed by atoms with van der Waals surface area (Å²) in [7, 11) is 0. The van der Waals surface area contributed by atoms with Gasteiger partial charge in [0, 0.05) is 10.9 Å². The standard InChI is InChI=1S/C18H20N2O/c1-2-5-13-8-10-14(11-9-13)18(20-19)16-12-21-17-7-4-3-6-15(16)17/h3-4,6-12,18,20H,2,5,19H2,1H3. The van der Waals surface area contributed by atoms with Gasteiger partial charge in [-0.05, 0) is 23.6 Å². The number of fused-ring (bicyclic) bond motifs is 1. The average molecular weight is 280 g/mol. The van der Waals surface area contributed by atoms with Crippen molar-refractivity contribution >= 4 is 11.0 Å². The van der Waals surface area contributed by atoms with Crippen LogP contribution in [0.3, 0.4) is 0 Å². The van der Waals surface area contributed by atoms with Gasteiger partial charge in [-0.1, -0.05) is 55.8 Å². The zero-order chi connectivity index (χ0) is 14.7. The van der Waals surface area contributed by atoms with Crippen molar-refractivity contribution in [3.8, 4) is 0 Å². The van der Waals surface area contributed by atoms with Gasteiger partial charge < -0.3 is 4.42 Å². The third-order valence-electron chi connectivity index (χ3n) is 3.84. The second-order valence-electron chi connectivity index (χ2n) is 5.28. The molecule has 0 amide bonds. The number of benzene rings is 2. The number of hydrazine groups is 1. The van der Waals surface area contributed by atoms with Crippen molar-refractivity contribution in [3.05, 3.63) is 71.5 Å². The number of rotatable bonds is 5. The number of hydrogen-bond donors (Lipinski definition) is 2. The molecule has 1 aromatic heterocycles. The van der Waals surface area contributed by atoms with E-state index in [1.54, 1.807) is 6.26 Å². The minimum atomic E-state index is -0.0654. The van der Waals surface area contributed by atoms with Gasteiger partial charge in [-0.3, -0.25) is 5.84 Å². The Labute approximate surface area is 124 Å². The van der Waals surface area contributed by atoms with E-state index in [-0.39, 0.29) is 6.04 Å². The summed E-state index contributed by atoms with van der Waals surface area (Å²) in [5, 5.41) is 1.10. The van der Waals surface area contributed by atoms with Crippen LogP contribution < -0.4 is 11.3 Å². The maximum atomic E-state index is 5.79. The van der Waals surface area contributed by atoms with Gasteiger partial charge in [-0.15, -0.1) is 0 Å². The van der Waals surface area contributed by atoms with Crippen LogP contribution in [0, 0.1) is 0 Å². The smallest absolute Gasteiger partial charge is 0.134 e. The van der Waals surface area contributed by atoms with Crippen molar-refractivity contribution in [3.63, 3.8) is 0 Å². The lowest BCUT2D eigenvalue weighted by molar-refractivity contribution is 0.586. The van der Waals surface area contributed by atoms with Gasteiger partial charge in [-0.2, -0.15) is 0 Å². The first-order valence-electron chi connectivity index (χ1n) is 7.34. The van der Waals surface area contributed by atoms with E-state index < -0.39 is 0 Å². The molecular weight excluding hydrogens is 260 g/mol. The first kappa shape index (κ1) is 13.9. The molecule has 0 saturated carbocycles. The minimum absolute atomic E-state index is 0.0654. The van der Waals surface area contributed by atoms with Crippen LogP contribution in [-0.2, 0) is 6.42 Å². The Kier molecular flexibility index (Phi) is 4.04. The van der Waals surface area contributed by atoms with E-state index in [4.69, 9.17) is 10.3 Å². The van der Waals surface area contributed by atoms with E-state index in [0.29, 0.717) is 0 Å². The zero-order valence-electron chi connectivity index (χ0n) is 12.2. The minimum Gasteiger partial charge on any atom is -0.464 e. The molecule has 108 valence electrons. The molecule has 2 aromatic carbocycles. The van der Waals surface area contributed by atoms with Gasteiger partial charge in [-0.25, -0.2) is 5.43 Å². The molecule has 21 heavy (non-hydrogen) atoms. The van der Waals surface area contributed by atoms with Gasteiger partial charge in [0.2, 0.25) is 0 Å². The van der Waals surface area contributed by atoms with Crippen molar-refractivity contribution in [1.82, 2.24) is 5.43 Å². The van der Waals surface area contributed by atoms with Gasteiger partial charge in [0.05, 0.1) is 12.3 Å². The Hall–Kier alpha value is -2.10. The normalized spacial score (nSPS) is 12.7. The Morgan fingerprint density at radius 1 is 1.10 bits per heavy atom. The fraction of sp³-hybridized carbons (Fsp3) is 0.222. The highest BCUT2D eigenvalue weighted by molar-refractivity contribution is 5.81. The molecule has 0 spiro atoms. The molecule has 1 unspecified atom stereocenters. The van der Waals surface area contributed by atoms with E-state index in [0.717, 1.165) is 34.9 Å². The predicted molar refractivity (Wildman–Crippen MR) is 85.8 cm³/mol. The summed E-state index contributed by atoms with van der Waals surface area (Å²) in [4.78, 5) is 0. The van der Waals surface area contributed by atoms with Crippen LogP contribution in [0.25, 0.3) is 11.0 Å². The highest BCUT2D eigenvalue weighted by atomic mass is 16.3. The molecule has 0 aliphatic carbocycles. The molecule has 3 nitrogen and oxygen atoms in total. The number of furan rings is 1. The molecule has 0 bridgehead atoms. The van der Waals surface area contributed by atoms with Crippen LogP contribution in [-0.4, -0.2) is 0 Å². The van der Waals surface area contributed by atoms with E-state index in [2.05, 4.69) is 42.7 Å². The summed E-state index contributed by atoms with van der Waals surface area (Å²) in [6, 6.07) is 16.6. The number of aryl methyl sites for hydroxylation is 1. The van der Waals surface area contributed by atoms with Gasteiger partial charge >= 0.3 is 0 Å². The lowest BCUT2D eigenvalue weighted by Gasteiger charge is -2.16. The monoisotopic (exact) mass is 280 g/mol. The first-order valence-corrected chi connectivity index (χ1v) is 7.34. The lowest BCUT2D eigenvalue weighted by atomic mass is 9.97. The molecule has 3 heteroatoms. The summed E-state index contributed by atoms with van der Waals surface area (Å²) in [5.74, 6) is 5.79. The maximum Gasteiger partial charge on any atom is 0.134 e. The van der Waals surface area contributed by atoms with Crippen molar-refractivity contribution in [2.75, 3.05) is 0 Å². The van der Waals surface area contributed by atoms with Gasteiger partial charge in [0.25, 0.3) is 0 Å². The SMILES string of the molecule is CCCc1ccc(C(NN)c2coc3ccccc23)cc1. The van der Waals surface area contributed by atoms with E-state index in [9.17, 15) is 0 Å². The van der Waals surface area contributed by atoms with Crippen LogP contribution in [0.15, 0.2) is 59.2 Å². The molecular formula is C18H20N2O. The lowest BCUT2D eigenvalue weighted by Crippen LogP contribution is -2.28. The summed E-state index contributed by atoms with van der Waals surface area (Å²) in [6.45, 7) is 2.19. The number of nitrogens with two attached hydrogens (primary N) is 1. The molecule has 3 N–H and O–H groups in total. The molecule has 3 aromatic rings. The summed E-state index contributed by atoms with van der Waals surface area (Å²) in [5.41, 5.74) is 7.35. The van der Waals surface area contributed by atoms with E-state index in [1.165, 1.54) is 5.56 Å². The molecule has 0 aliphatic heterocycles. The largest absolute Gasteiger partial charge is 0.464 e. The van der Waals surface area contributed by atoms with Crippen LogP contribution in [0.1, 0.15) is 36.1 Å². The Morgan fingerprint density at radius 3 is 2.57 bits per heavy atom. The number of hydrogen-bond acceptors (Lipinski definition) is 3. The van der Waals surface area contributed by atoms with Crippen molar-refractivity contribution in [2.24, 2.45) is 5.84 Å².